The van der Waals surface area contributed by atoms with Gasteiger partial charge in [0.2, 0.25) is 23.6 Å². The molecule has 0 bridgehead atoms. The number of fused-ring (bicyclic) bond motifs is 1. The number of amides is 5. The van der Waals surface area contributed by atoms with E-state index >= 15 is 0 Å². The molecule has 11 heteroatoms. The summed E-state index contributed by atoms with van der Waals surface area (Å²) in [6.07, 6.45) is 2.05. The molecule has 11 nitrogen and oxygen atoms in total. The molecule has 266 valence electrons. The Labute approximate surface area is 294 Å². The lowest BCUT2D eigenvalue weighted by Crippen LogP contribution is -2.56. The van der Waals surface area contributed by atoms with Crippen molar-refractivity contribution in [3.63, 3.8) is 0 Å². The van der Waals surface area contributed by atoms with Crippen molar-refractivity contribution in [3.05, 3.63) is 102 Å². The van der Waals surface area contributed by atoms with Crippen LogP contribution in [0.4, 0.5) is 0 Å². The topological polar surface area (TPSA) is 146 Å². The van der Waals surface area contributed by atoms with Gasteiger partial charge in [-0.1, -0.05) is 86.6 Å². The van der Waals surface area contributed by atoms with Crippen molar-refractivity contribution in [1.82, 2.24) is 26.2 Å². The number of carbonyl (C=O) groups excluding carboxylic acids is 5. The van der Waals surface area contributed by atoms with Crippen molar-refractivity contribution in [3.8, 4) is 5.75 Å². The molecule has 0 spiro atoms. The molecule has 3 aromatic carbocycles. The quantitative estimate of drug-likeness (QED) is 0.255. The molecule has 4 rings (SSSR count). The Morgan fingerprint density at radius 3 is 2.24 bits per heavy atom. The van der Waals surface area contributed by atoms with Crippen LogP contribution in [0.1, 0.15) is 61.0 Å². The lowest BCUT2D eigenvalue weighted by molar-refractivity contribution is -0.141. The van der Waals surface area contributed by atoms with Gasteiger partial charge in [0.25, 0.3) is 5.91 Å². The molecule has 0 aromatic heterocycles. The minimum atomic E-state index is -1.22. The van der Waals surface area contributed by atoms with Crippen molar-refractivity contribution in [2.45, 2.75) is 70.5 Å². The molecule has 3 aromatic rings. The Balaban J connectivity index is 1.59. The third kappa shape index (κ3) is 11.5. The molecular formula is C39H49N5O6. The van der Waals surface area contributed by atoms with Crippen LogP contribution >= 0.6 is 0 Å². The van der Waals surface area contributed by atoms with E-state index in [1.807, 2.05) is 74.5 Å². The number of para-hydroxylation sites is 1. The minimum absolute atomic E-state index is 0.0279. The molecule has 0 aliphatic carbocycles. The van der Waals surface area contributed by atoms with Crippen LogP contribution in [0.15, 0.2) is 84.9 Å². The highest BCUT2D eigenvalue weighted by Crippen LogP contribution is 2.19. The van der Waals surface area contributed by atoms with Crippen LogP contribution in [0.3, 0.4) is 0 Å². The molecule has 0 unspecified atom stereocenters. The molecule has 4 N–H and O–H groups in total. The molecule has 1 aliphatic rings. The van der Waals surface area contributed by atoms with Gasteiger partial charge in [-0.05, 0) is 54.9 Å². The summed E-state index contributed by atoms with van der Waals surface area (Å²) < 4.78 is 5.93. The van der Waals surface area contributed by atoms with E-state index in [0.29, 0.717) is 31.6 Å². The van der Waals surface area contributed by atoms with Crippen LogP contribution in [-0.2, 0) is 32.0 Å². The molecular weight excluding hydrogens is 634 g/mol. The Morgan fingerprint density at radius 1 is 0.880 bits per heavy atom. The summed E-state index contributed by atoms with van der Waals surface area (Å²) in [6.45, 7) is 4.69. The van der Waals surface area contributed by atoms with E-state index in [-0.39, 0.29) is 43.4 Å². The number of benzene rings is 3. The van der Waals surface area contributed by atoms with Gasteiger partial charge in [0, 0.05) is 26.6 Å². The zero-order chi connectivity index (χ0) is 35.9. The summed E-state index contributed by atoms with van der Waals surface area (Å²) in [5.74, 6) is -2.08. The number of nitrogens with one attached hydrogen (secondary N) is 4. The second kappa shape index (κ2) is 19.1. The highest BCUT2D eigenvalue weighted by molar-refractivity contribution is 6.01. The molecule has 50 heavy (non-hydrogen) atoms. The van der Waals surface area contributed by atoms with Gasteiger partial charge in [-0.2, -0.15) is 0 Å². The van der Waals surface area contributed by atoms with Gasteiger partial charge in [-0.15, -0.1) is 0 Å². The first-order chi connectivity index (χ1) is 24.1. The largest absolute Gasteiger partial charge is 0.493 e. The average molecular weight is 684 g/mol. The maximum Gasteiger partial charge on any atom is 0.255 e. The first-order valence-electron chi connectivity index (χ1n) is 17.3. The number of ether oxygens (including phenoxy) is 1. The van der Waals surface area contributed by atoms with E-state index in [4.69, 9.17) is 4.74 Å². The normalized spacial score (nSPS) is 19.6. The van der Waals surface area contributed by atoms with Crippen molar-refractivity contribution >= 4 is 29.5 Å². The van der Waals surface area contributed by atoms with Gasteiger partial charge >= 0.3 is 0 Å². The fourth-order valence-corrected chi connectivity index (χ4v) is 5.79. The molecule has 0 saturated carbocycles. The summed E-state index contributed by atoms with van der Waals surface area (Å²) in [5.41, 5.74) is 2.21. The average Bonchev–Trinajstić information content (AvgIpc) is 3.11. The van der Waals surface area contributed by atoms with Crippen molar-refractivity contribution < 1.29 is 28.7 Å². The smallest absolute Gasteiger partial charge is 0.255 e. The van der Waals surface area contributed by atoms with E-state index in [2.05, 4.69) is 21.3 Å². The zero-order valence-corrected chi connectivity index (χ0v) is 29.2. The Morgan fingerprint density at radius 2 is 1.54 bits per heavy atom. The van der Waals surface area contributed by atoms with Gasteiger partial charge in [0.05, 0.1) is 18.6 Å². The Hall–Kier alpha value is -5.19. The van der Waals surface area contributed by atoms with Crippen molar-refractivity contribution in [2.24, 2.45) is 5.92 Å². The lowest BCUT2D eigenvalue weighted by Gasteiger charge is -2.31. The fourth-order valence-electron chi connectivity index (χ4n) is 5.79. The summed E-state index contributed by atoms with van der Waals surface area (Å²) >= 11 is 0. The van der Waals surface area contributed by atoms with E-state index in [0.717, 1.165) is 17.5 Å². The molecule has 0 saturated heterocycles. The van der Waals surface area contributed by atoms with Crippen molar-refractivity contribution in [2.75, 3.05) is 26.7 Å². The van der Waals surface area contributed by atoms with Gasteiger partial charge in [0.15, 0.2) is 0 Å². The third-order valence-electron chi connectivity index (χ3n) is 8.57. The molecule has 1 aliphatic heterocycles. The fraction of sp³-hybridized carbons (Fsp3) is 0.410. The number of likely N-dealkylation sites (N-methyl/N-ethyl adjacent to an activating group) is 1. The number of rotatable bonds is 9. The second-order valence-corrected chi connectivity index (χ2v) is 13.0. The third-order valence-corrected chi connectivity index (χ3v) is 8.57. The van der Waals surface area contributed by atoms with Gasteiger partial charge < -0.3 is 30.9 Å². The number of nitrogens with zero attached hydrogens (tertiary/aromatic N) is 1. The number of aryl methyl sites for hydroxylation is 1. The van der Waals surface area contributed by atoms with Crippen molar-refractivity contribution in [1.29, 1.82) is 0 Å². The van der Waals surface area contributed by atoms with Crippen LogP contribution in [0.2, 0.25) is 0 Å². The number of hydrogen-bond acceptors (Lipinski definition) is 6. The van der Waals surface area contributed by atoms with Gasteiger partial charge in [-0.3, -0.25) is 24.0 Å². The summed E-state index contributed by atoms with van der Waals surface area (Å²) in [7, 11) is 1.51. The molecule has 5 amide bonds. The minimum Gasteiger partial charge on any atom is -0.493 e. The Bertz CT molecular complexity index is 1580. The zero-order valence-electron chi connectivity index (χ0n) is 29.2. The van der Waals surface area contributed by atoms with Gasteiger partial charge in [-0.25, -0.2) is 0 Å². The molecule has 0 radical (unpaired) electrons. The van der Waals surface area contributed by atoms with Crippen LogP contribution < -0.4 is 26.0 Å². The summed E-state index contributed by atoms with van der Waals surface area (Å²) in [5, 5.41) is 11.4. The predicted octanol–water partition coefficient (Wildman–Crippen LogP) is 3.42. The molecule has 1 heterocycles. The number of carbonyl (C=O) groups is 5. The highest BCUT2D eigenvalue weighted by atomic mass is 16.5. The Kier molecular flexibility index (Phi) is 14.4. The number of hydrogen-bond donors (Lipinski definition) is 4. The molecule has 3 atom stereocenters. The van der Waals surface area contributed by atoms with E-state index < -0.39 is 41.8 Å². The standard InChI is InChI=1S/C39H49N5O6/c1-27(2)24-33-39(49)43-31(25-29-16-8-5-9-17-29)37(47)41-22-13-23-50-34-20-11-10-19-30(34)36(46)42-32(26-35(45)44(33)3)38(48)40-21-12-18-28-14-6-4-7-15-28/h4-11,14-17,19-20,27,31-33H,12-13,18,21-26H2,1-3H3,(H,40,48)(H,41,47)(H,42,46)(H,43,49)/t31-,32-,33-/m0/s1. The van der Waals surface area contributed by atoms with Crippen LogP contribution in [0, 0.1) is 5.92 Å². The lowest BCUT2D eigenvalue weighted by atomic mass is 9.99. The molecule has 0 fully saturated rings. The van der Waals surface area contributed by atoms with E-state index in [1.165, 1.54) is 11.9 Å². The predicted molar refractivity (Wildman–Crippen MR) is 191 cm³/mol. The summed E-state index contributed by atoms with van der Waals surface area (Å²) in [4.78, 5) is 69.7. The van der Waals surface area contributed by atoms with E-state index in [1.54, 1.807) is 24.3 Å². The van der Waals surface area contributed by atoms with Crippen LogP contribution in [0.25, 0.3) is 0 Å². The maximum atomic E-state index is 13.9. The summed E-state index contributed by atoms with van der Waals surface area (Å²) in [6, 6.07) is 22.9. The van der Waals surface area contributed by atoms with Crippen LogP contribution in [-0.4, -0.2) is 79.3 Å². The van der Waals surface area contributed by atoms with Gasteiger partial charge in [0.1, 0.15) is 23.9 Å². The van der Waals surface area contributed by atoms with Crippen LogP contribution in [0.5, 0.6) is 5.75 Å². The SMILES string of the molecule is CC(C)C[C@H]1C(=O)N[C@@H](Cc2ccccc2)C(=O)NCCCOc2ccccc2C(=O)N[C@H](C(=O)NCCCc2ccccc2)CC(=O)N1C. The second-order valence-electron chi connectivity index (χ2n) is 13.0. The highest BCUT2D eigenvalue weighted by Gasteiger charge is 2.34. The van der Waals surface area contributed by atoms with E-state index in [9.17, 15) is 24.0 Å². The maximum absolute atomic E-state index is 13.9. The first kappa shape index (κ1) is 37.6. The first-order valence-corrected chi connectivity index (χ1v) is 17.3. The monoisotopic (exact) mass is 683 g/mol.